The van der Waals surface area contributed by atoms with E-state index < -0.39 is 11.8 Å². The molecule has 0 aromatic carbocycles. The maximum Gasteiger partial charge on any atom is 0.309 e. The lowest BCUT2D eigenvalue weighted by molar-refractivity contribution is -0.139. The van der Waals surface area contributed by atoms with Gasteiger partial charge in [-0.05, 0) is 36.4 Å². The fourth-order valence-corrected chi connectivity index (χ4v) is 3.83. The van der Waals surface area contributed by atoms with Gasteiger partial charge in [0.05, 0.1) is 12.8 Å². The van der Waals surface area contributed by atoms with E-state index in [-0.39, 0.29) is 12.0 Å². The molecule has 2 aromatic rings. The average Bonchev–Trinajstić information content (AvgIpc) is 3.32. The molecule has 0 bridgehead atoms. The number of nitrogens with one attached hydrogen (secondary N) is 2. The quantitative estimate of drug-likeness (QED) is 0.808. The van der Waals surface area contributed by atoms with E-state index >= 15 is 0 Å². The van der Waals surface area contributed by atoms with Crippen LogP contribution < -0.4 is 10.6 Å². The van der Waals surface area contributed by atoms with E-state index in [0.29, 0.717) is 25.5 Å². The molecule has 7 heteroatoms. The molecule has 2 amide bonds. The molecule has 3 rings (SSSR count). The van der Waals surface area contributed by atoms with Gasteiger partial charge in [-0.25, -0.2) is 0 Å². The Morgan fingerprint density at radius 2 is 1.92 bits per heavy atom. The van der Waals surface area contributed by atoms with E-state index in [1.807, 2.05) is 11.4 Å². The van der Waals surface area contributed by atoms with Gasteiger partial charge in [-0.2, -0.15) is 0 Å². The Balaban J connectivity index is 1.56. The topological polar surface area (TPSA) is 80.6 Å². The molecule has 1 aliphatic rings. The fourth-order valence-electron chi connectivity index (χ4n) is 2.84. The zero-order chi connectivity index (χ0) is 16.8. The number of ether oxygens (including phenoxy) is 1. The number of carbonyl (C=O) groups excluding carboxylic acids is 2. The lowest BCUT2D eigenvalue weighted by Crippen LogP contribution is -2.48. The van der Waals surface area contributed by atoms with Gasteiger partial charge in [0.25, 0.3) is 0 Å². The van der Waals surface area contributed by atoms with Gasteiger partial charge in [-0.1, -0.05) is 6.07 Å². The molecule has 0 saturated carbocycles. The van der Waals surface area contributed by atoms with Crippen LogP contribution in [0.15, 0.2) is 40.3 Å². The molecular formula is C17H20N2O4S. The predicted molar refractivity (Wildman–Crippen MR) is 89.6 cm³/mol. The van der Waals surface area contributed by atoms with Crippen LogP contribution in [0.5, 0.6) is 0 Å². The predicted octanol–water partition coefficient (Wildman–Crippen LogP) is 1.82. The summed E-state index contributed by atoms with van der Waals surface area (Å²) in [6.07, 6.45) is 3.20. The normalized spacial score (nSPS) is 16.5. The van der Waals surface area contributed by atoms with Crippen molar-refractivity contribution in [2.45, 2.75) is 24.8 Å². The highest BCUT2D eigenvalue weighted by molar-refractivity contribution is 7.10. The summed E-state index contributed by atoms with van der Waals surface area (Å²) in [5.41, 5.74) is -0.149. The maximum absolute atomic E-state index is 12.1. The smallest absolute Gasteiger partial charge is 0.309 e. The Labute approximate surface area is 144 Å². The summed E-state index contributed by atoms with van der Waals surface area (Å²) < 4.78 is 10.6. The second-order valence-corrected chi connectivity index (χ2v) is 6.76. The first-order chi connectivity index (χ1) is 11.7. The van der Waals surface area contributed by atoms with E-state index in [1.54, 1.807) is 23.5 Å². The minimum Gasteiger partial charge on any atom is -0.467 e. The number of carbonyl (C=O) groups is 2. The Morgan fingerprint density at radius 3 is 2.58 bits per heavy atom. The zero-order valence-electron chi connectivity index (χ0n) is 13.2. The van der Waals surface area contributed by atoms with E-state index in [1.165, 1.54) is 11.1 Å². The van der Waals surface area contributed by atoms with Crippen molar-refractivity contribution in [3.05, 3.63) is 46.5 Å². The molecule has 0 atom stereocenters. The fraction of sp³-hybridized carbons (Fsp3) is 0.412. The number of hydrogen-bond acceptors (Lipinski definition) is 5. The van der Waals surface area contributed by atoms with E-state index in [0.717, 1.165) is 12.8 Å². The summed E-state index contributed by atoms with van der Waals surface area (Å²) in [6.45, 7) is 1.96. The van der Waals surface area contributed by atoms with Crippen LogP contribution in [-0.4, -0.2) is 31.6 Å². The summed E-state index contributed by atoms with van der Waals surface area (Å²) in [5.74, 6) is -0.667. The Morgan fingerprint density at radius 1 is 1.12 bits per heavy atom. The SMILES string of the molecule is O=C(NCc1ccco1)C(=O)NCC1(c2cccs2)CCOCC1. The van der Waals surface area contributed by atoms with Gasteiger partial charge < -0.3 is 19.8 Å². The number of furan rings is 1. The first kappa shape index (κ1) is 16.7. The molecule has 0 spiro atoms. The summed E-state index contributed by atoms with van der Waals surface area (Å²) in [6, 6.07) is 7.57. The van der Waals surface area contributed by atoms with E-state index in [4.69, 9.17) is 9.15 Å². The lowest BCUT2D eigenvalue weighted by Gasteiger charge is -2.36. The maximum atomic E-state index is 12.1. The molecule has 2 N–H and O–H groups in total. The lowest BCUT2D eigenvalue weighted by atomic mass is 9.78. The Bertz CT molecular complexity index is 661. The second-order valence-electron chi connectivity index (χ2n) is 5.81. The van der Waals surface area contributed by atoms with Gasteiger partial charge in [0.15, 0.2) is 0 Å². The molecule has 0 unspecified atom stereocenters. The van der Waals surface area contributed by atoms with Gasteiger partial charge in [-0.15, -0.1) is 11.3 Å². The summed E-state index contributed by atoms with van der Waals surface area (Å²) in [7, 11) is 0. The largest absolute Gasteiger partial charge is 0.467 e. The molecule has 128 valence electrons. The van der Waals surface area contributed by atoms with Crippen molar-refractivity contribution in [1.29, 1.82) is 0 Å². The number of amides is 2. The van der Waals surface area contributed by atoms with Crippen molar-refractivity contribution < 1.29 is 18.7 Å². The van der Waals surface area contributed by atoms with E-state index in [2.05, 4.69) is 16.7 Å². The van der Waals surface area contributed by atoms with Crippen molar-refractivity contribution in [1.82, 2.24) is 10.6 Å². The van der Waals surface area contributed by atoms with Crippen LogP contribution in [0.4, 0.5) is 0 Å². The molecule has 0 aliphatic carbocycles. The van der Waals surface area contributed by atoms with Crippen molar-refractivity contribution in [3.63, 3.8) is 0 Å². The van der Waals surface area contributed by atoms with Crippen LogP contribution in [0.25, 0.3) is 0 Å². The molecule has 6 nitrogen and oxygen atoms in total. The monoisotopic (exact) mass is 348 g/mol. The second kappa shape index (κ2) is 7.63. The standard InChI is InChI=1S/C17H20N2O4S/c20-15(18-11-13-3-1-7-23-13)16(21)19-12-17(5-8-22-9-6-17)14-4-2-10-24-14/h1-4,7,10H,5-6,8-9,11-12H2,(H,18,20)(H,19,21). The van der Waals surface area contributed by atoms with Crippen LogP contribution in [0.1, 0.15) is 23.5 Å². The first-order valence-electron chi connectivity index (χ1n) is 7.90. The molecule has 0 radical (unpaired) electrons. The highest BCUT2D eigenvalue weighted by Gasteiger charge is 2.36. The van der Waals surface area contributed by atoms with Gasteiger partial charge >= 0.3 is 11.8 Å². The van der Waals surface area contributed by atoms with Crippen LogP contribution in [-0.2, 0) is 26.3 Å². The van der Waals surface area contributed by atoms with Crippen LogP contribution >= 0.6 is 11.3 Å². The third-order valence-electron chi connectivity index (χ3n) is 4.29. The van der Waals surface area contributed by atoms with Gasteiger partial charge in [0, 0.05) is 30.1 Å². The van der Waals surface area contributed by atoms with Crippen LogP contribution in [0, 0.1) is 0 Å². The Kier molecular flexibility index (Phi) is 5.32. The highest BCUT2D eigenvalue weighted by atomic mass is 32.1. The van der Waals surface area contributed by atoms with Crippen LogP contribution in [0.2, 0.25) is 0 Å². The van der Waals surface area contributed by atoms with Crippen molar-refractivity contribution in [2.24, 2.45) is 0 Å². The summed E-state index contributed by atoms with van der Waals surface area (Å²) in [4.78, 5) is 25.2. The van der Waals surface area contributed by atoms with Gasteiger partial charge in [-0.3, -0.25) is 9.59 Å². The van der Waals surface area contributed by atoms with E-state index in [9.17, 15) is 9.59 Å². The number of hydrogen-bond donors (Lipinski definition) is 2. The van der Waals surface area contributed by atoms with Crippen molar-refractivity contribution in [3.8, 4) is 0 Å². The minimum atomic E-state index is -0.653. The van der Waals surface area contributed by atoms with Crippen LogP contribution in [0.3, 0.4) is 0 Å². The first-order valence-corrected chi connectivity index (χ1v) is 8.78. The Hall–Kier alpha value is -2.12. The molecule has 1 saturated heterocycles. The molecule has 1 fully saturated rings. The molecular weight excluding hydrogens is 328 g/mol. The molecule has 3 heterocycles. The zero-order valence-corrected chi connectivity index (χ0v) is 14.1. The van der Waals surface area contributed by atoms with Gasteiger partial charge in [0.1, 0.15) is 5.76 Å². The van der Waals surface area contributed by atoms with Crippen molar-refractivity contribution in [2.75, 3.05) is 19.8 Å². The molecule has 2 aromatic heterocycles. The average molecular weight is 348 g/mol. The number of rotatable bonds is 5. The highest BCUT2D eigenvalue weighted by Crippen LogP contribution is 2.36. The molecule has 24 heavy (non-hydrogen) atoms. The minimum absolute atomic E-state index is 0.149. The van der Waals surface area contributed by atoms with Crippen molar-refractivity contribution >= 4 is 23.2 Å². The third kappa shape index (κ3) is 3.85. The van der Waals surface area contributed by atoms with Gasteiger partial charge in [0.2, 0.25) is 0 Å². The third-order valence-corrected chi connectivity index (χ3v) is 5.41. The molecule has 1 aliphatic heterocycles. The summed E-state index contributed by atoms with van der Waals surface area (Å²) >= 11 is 1.68. The number of thiophene rings is 1. The summed E-state index contributed by atoms with van der Waals surface area (Å²) in [5, 5.41) is 7.37.